The molecule has 0 aliphatic rings. The average molecular weight is 196 g/mol. The van der Waals surface area contributed by atoms with E-state index < -0.39 is 5.97 Å². The van der Waals surface area contributed by atoms with E-state index in [2.05, 4.69) is 6.92 Å². The summed E-state index contributed by atoms with van der Waals surface area (Å²) < 4.78 is 5.45. The molecular weight excluding hydrogens is 180 g/mol. The zero-order valence-corrected chi connectivity index (χ0v) is 9.05. The SMILES string of the molecule is CCC(C)(C)c1cc(C(=O)O)c(C)o1. The van der Waals surface area contributed by atoms with Gasteiger partial charge in [0.25, 0.3) is 0 Å². The second-order valence-corrected chi connectivity index (χ2v) is 4.12. The maximum Gasteiger partial charge on any atom is 0.339 e. The number of carboxylic acids is 1. The maximum absolute atomic E-state index is 10.8. The van der Waals surface area contributed by atoms with Gasteiger partial charge in [0.15, 0.2) is 0 Å². The van der Waals surface area contributed by atoms with Gasteiger partial charge in [0.1, 0.15) is 17.1 Å². The Labute approximate surface area is 83.7 Å². The molecule has 0 spiro atoms. The Morgan fingerprint density at radius 2 is 2.14 bits per heavy atom. The third-order valence-electron chi connectivity index (χ3n) is 2.70. The molecule has 14 heavy (non-hydrogen) atoms. The highest BCUT2D eigenvalue weighted by Crippen LogP contribution is 2.30. The number of furan rings is 1. The minimum atomic E-state index is -0.926. The Hall–Kier alpha value is -1.25. The van der Waals surface area contributed by atoms with Crippen molar-refractivity contribution in [3.8, 4) is 0 Å². The molecule has 0 saturated heterocycles. The van der Waals surface area contributed by atoms with E-state index in [0.717, 1.165) is 12.2 Å². The first-order valence-electron chi connectivity index (χ1n) is 4.72. The maximum atomic E-state index is 10.8. The lowest BCUT2D eigenvalue weighted by Crippen LogP contribution is -2.14. The number of carbonyl (C=O) groups is 1. The summed E-state index contributed by atoms with van der Waals surface area (Å²) in [4.78, 5) is 10.8. The van der Waals surface area contributed by atoms with Gasteiger partial charge in [-0.25, -0.2) is 4.79 Å². The van der Waals surface area contributed by atoms with Crippen LogP contribution in [0.25, 0.3) is 0 Å². The summed E-state index contributed by atoms with van der Waals surface area (Å²) >= 11 is 0. The normalized spacial score (nSPS) is 11.7. The van der Waals surface area contributed by atoms with Crippen LogP contribution in [0.2, 0.25) is 0 Å². The predicted octanol–water partition coefficient (Wildman–Crippen LogP) is 2.97. The molecule has 1 N–H and O–H groups in total. The second kappa shape index (κ2) is 3.48. The van der Waals surface area contributed by atoms with Crippen molar-refractivity contribution in [1.29, 1.82) is 0 Å². The lowest BCUT2D eigenvalue weighted by molar-refractivity contribution is 0.0695. The Morgan fingerprint density at radius 1 is 1.57 bits per heavy atom. The van der Waals surface area contributed by atoms with Crippen molar-refractivity contribution in [1.82, 2.24) is 0 Å². The van der Waals surface area contributed by atoms with Crippen molar-refractivity contribution in [2.45, 2.75) is 39.5 Å². The topological polar surface area (TPSA) is 50.4 Å². The zero-order chi connectivity index (χ0) is 10.9. The molecule has 0 bridgehead atoms. The van der Waals surface area contributed by atoms with Crippen LogP contribution in [0.5, 0.6) is 0 Å². The molecule has 0 aromatic carbocycles. The van der Waals surface area contributed by atoms with Gasteiger partial charge in [-0.1, -0.05) is 20.8 Å². The predicted molar refractivity (Wildman–Crippen MR) is 53.7 cm³/mol. The molecule has 78 valence electrons. The largest absolute Gasteiger partial charge is 0.478 e. The van der Waals surface area contributed by atoms with Crippen molar-refractivity contribution in [2.75, 3.05) is 0 Å². The van der Waals surface area contributed by atoms with Crippen LogP contribution in [-0.4, -0.2) is 11.1 Å². The van der Waals surface area contributed by atoms with E-state index in [1.54, 1.807) is 13.0 Å². The highest BCUT2D eigenvalue weighted by atomic mass is 16.4. The Balaban J connectivity index is 3.15. The minimum Gasteiger partial charge on any atom is -0.478 e. The monoisotopic (exact) mass is 196 g/mol. The number of carboxylic acid groups (broad SMARTS) is 1. The fraction of sp³-hybridized carbons (Fsp3) is 0.545. The molecule has 0 radical (unpaired) electrons. The number of hydrogen-bond acceptors (Lipinski definition) is 2. The first-order valence-corrected chi connectivity index (χ1v) is 4.72. The molecule has 3 nitrogen and oxygen atoms in total. The van der Waals surface area contributed by atoms with E-state index in [4.69, 9.17) is 9.52 Å². The summed E-state index contributed by atoms with van der Waals surface area (Å²) in [6.45, 7) is 7.81. The van der Waals surface area contributed by atoms with E-state index >= 15 is 0 Å². The summed E-state index contributed by atoms with van der Waals surface area (Å²) in [5, 5.41) is 8.86. The molecule has 3 heteroatoms. The molecule has 1 aromatic heterocycles. The molecule has 0 fully saturated rings. The summed E-state index contributed by atoms with van der Waals surface area (Å²) in [5.74, 6) is 0.299. The fourth-order valence-electron chi connectivity index (χ4n) is 1.20. The van der Waals surface area contributed by atoms with Crippen LogP contribution in [0.15, 0.2) is 10.5 Å². The van der Waals surface area contributed by atoms with Gasteiger partial charge >= 0.3 is 5.97 Å². The number of aryl methyl sites for hydroxylation is 1. The lowest BCUT2D eigenvalue weighted by atomic mass is 9.87. The summed E-state index contributed by atoms with van der Waals surface area (Å²) in [6.07, 6.45) is 0.916. The first-order chi connectivity index (χ1) is 6.38. The van der Waals surface area contributed by atoms with Crippen molar-refractivity contribution in [2.24, 2.45) is 0 Å². The smallest absolute Gasteiger partial charge is 0.339 e. The quantitative estimate of drug-likeness (QED) is 0.808. The van der Waals surface area contributed by atoms with Gasteiger partial charge in [0.2, 0.25) is 0 Å². The number of aromatic carboxylic acids is 1. The van der Waals surface area contributed by atoms with Crippen LogP contribution in [0.3, 0.4) is 0 Å². The molecule has 1 rings (SSSR count). The highest BCUT2D eigenvalue weighted by molar-refractivity contribution is 5.88. The van der Waals surface area contributed by atoms with Gasteiger partial charge in [-0.15, -0.1) is 0 Å². The second-order valence-electron chi connectivity index (χ2n) is 4.12. The van der Waals surface area contributed by atoms with Crippen molar-refractivity contribution >= 4 is 5.97 Å². The van der Waals surface area contributed by atoms with Crippen LogP contribution in [-0.2, 0) is 5.41 Å². The Bertz CT molecular complexity index is 347. The summed E-state index contributed by atoms with van der Waals surface area (Å²) in [7, 11) is 0. The first kappa shape index (κ1) is 10.8. The van der Waals surface area contributed by atoms with Crippen LogP contribution in [0.4, 0.5) is 0 Å². The molecule has 0 unspecified atom stereocenters. The molecule has 0 aliphatic heterocycles. The van der Waals surface area contributed by atoms with E-state index in [9.17, 15) is 4.79 Å². The van der Waals surface area contributed by atoms with E-state index in [1.165, 1.54) is 0 Å². The van der Waals surface area contributed by atoms with Crippen molar-refractivity contribution in [3.63, 3.8) is 0 Å². The Morgan fingerprint density at radius 3 is 2.50 bits per heavy atom. The van der Waals surface area contributed by atoms with Gasteiger partial charge in [0.05, 0.1) is 0 Å². The van der Waals surface area contributed by atoms with Gasteiger partial charge in [0, 0.05) is 5.41 Å². The van der Waals surface area contributed by atoms with Crippen LogP contribution >= 0.6 is 0 Å². The van der Waals surface area contributed by atoms with E-state index in [0.29, 0.717) is 5.76 Å². The lowest BCUT2D eigenvalue weighted by Gasteiger charge is -2.18. The third-order valence-corrected chi connectivity index (χ3v) is 2.70. The molecular formula is C11H16O3. The van der Waals surface area contributed by atoms with Gasteiger partial charge in [-0.05, 0) is 19.4 Å². The summed E-state index contributed by atoms with van der Waals surface area (Å²) in [6, 6.07) is 1.63. The standard InChI is InChI=1S/C11H16O3/c1-5-11(3,4)9-6-8(10(12)13)7(2)14-9/h6H,5H2,1-4H3,(H,12,13). The third kappa shape index (κ3) is 1.81. The van der Waals surface area contributed by atoms with Crippen LogP contribution < -0.4 is 0 Å². The molecule has 0 saturated carbocycles. The molecule has 1 heterocycles. The van der Waals surface area contributed by atoms with Crippen molar-refractivity contribution < 1.29 is 14.3 Å². The van der Waals surface area contributed by atoms with E-state index in [1.807, 2.05) is 13.8 Å². The molecule has 1 aromatic rings. The molecule has 0 atom stereocenters. The Kier molecular flexibility index (Phi) is 2.69. The van der Waals surface area contributed by atoms with E-state index in [-0.39, 0.29) is 11.0 Å². The van der Waals surface area contributed by atoms with Gasteiger partial charge in [-0.2, -0.15) is 0 Å². The van der Waals surface area contributed by atoms with Crippen LogP contribution in [0.1, 0.15) is 49.1 Å². The highest BCUT2D eigenvalue weighted by Gasteiger charge is 2.25. The molecule has 0 aliphatic carbocycles. The van der Waals surface area contributed by atoms with Gasteiger partial charge in [-0.3, -0.25) is 0 Å². The summed E-state index contributed by atoms with van der Waals surface area (Å²) in [5.41, 5.74) is 0.167. The minimum absolute atomic E-state index is 0.0988. The molecule has 0 amide bonds. The van der Waals surface area contributed by atoms with Crippen molar-refractivity contribution in [3.05, 3.63) is 23.2 Å². The van der Waals surface area contributed by atoms with Gasteiger partial charge < -0.3 is 9.52 Å². The number of hydrogen-bond donors (Lipinski definition) is 1. The van der Waals surface area contributed by atoms with Crippen LogP contribution in [0, 0.1) is 6.92 Å². The zero-order valence-electron chi connectivity index (χ0n) is 9.05. The average Bonchev–Trinajstić information content (AvgIpc) is 2.48. The number of rotatable bonds is 3. The fourth-order valence-corrected chi connectivity index (χ4v) is 1.20.